The van der Waals surface area contributed by atoms with Crippen LogP contribution in [-0.4, -0.2) is 33.0 Å². The lowest BCUT2D eigenvalue weighted by Gasteiger charge is -2.23. The number of aromatic nitrogens is 3. The Balaban J connectivity index is 1.53. The number of carbonyl (C=O) groups excluding carboxylic acids is 1. The molecule has 1 aliphatic heterocycles. The normalized spacial score (nSPS) is 19.9. The molecule has 1 saturated heterocycles. The fraction of sp³-hybridized carbons (Fsp3) is 0.300. The molecule has 2 atom stereocenters. The molecule has 132 valence electrons. The van der Waals surface area contributed by atoms with Gasteiger partial charge >= 0.3 is 0 Å². The van der Waals surface area contributed by atoms with Crippen LogP contribution in [0.15, 0.2) is 59.4 Å². The summed E-state index contributed by atoms with van der Waals surface area (Å²) in [6, 6.07) is 14.0. The number of amides is 1. The standard InChI is InChI=1S/C20H20N4O2/c1-24-18(25)12-16(19(24)15-8-5-11-21-13-15)20-22-17(23-26-20)10-9-14-6-3-2-4-7-14/h2-8,11,13,16,19H,9-10,12H2,1H3. The van der Waals surface area contributed by atoms with Crippen LogP contribution in [0.5, 0.6) is 0 Å². The highest BCUT2D eigenvalue weighted by atomic mass is 16.5. The van der Waals surface area contributed by atoms with E-state index in [1.165, 1.54) is 5.56 Å². The van der Waals surface area contributed by atoms with Gasteiger partial charge in [-0.05, 0) is 23.6 Å². The summed E-state index contributed by atoms with van der Waals surface area (Å²) in [5, 5.41) is 4.12. The summed E-state index contributed by atoms with van der Waals surface area (Å²) in [5.74, 6) is 1.14. The van der Waals surface area contributed by atoms with Crippen LogP contribution in [0.2, 0.25) is 0 Å². The van der Waals surface area contributed by atoms with E-state index in [2.05, 4.69) is 27.3 Å². The van der Waals surface area contributed by atoms with Crippen molar-refractivity contribution in [3.05, 3.63) is 77.7 Å². The first-order valence-electron chi connectivity index (χ1n) is 8.74. The summed E-state index contributed by atoms with van der Waals surface area (Å²) < 4.78 is 5.52. The number of likely N-dealkylation sites (N-methyl/N-ethyl adjacent to an activating group) is 1. The zero-order valence-corrected chi connectivity index (χ0v) is 14.6. The molecule has 26 heavy (non-hydrogen) atoms. The molecule has 1 aliphatic rings. The van der Waals surface area contributed by atoms with Crippen LogP contribution < -0.4 is 0 Å². The van der Waals surface area contributed by atoms with Crippen LogP contribution in [0.25, 0.3) is 0 Å². The van der Waals surface area contributed by atoms with Crippen molar-refractivity contribution in [1.82, 2.24) is 20.0 Å². The van der Waals surface area contributed by atoms with Crippen molar-refractivity contribution in [2.45, 2.75) is 31.2 Å². The van der Waals surface area contributed by atoms with E-state index < -0.39 is 0 Å². The summed E-state index contributed by atoms with van der Waals surface area (Å²) in [4.78, 5) is 22.8. The second kappa shape index (κ2) is 7.07. The molecule has 1 aromatic carbocycles. The van der Waals surface area contributed by atoms with Gasteiger partial charge in [-0.1, -0.05) is 41.6 Å². The Morgan fingerprint density at radius 1 is 1.15 bits per heavy atom. The molecule has 2 unspecified atom stereocenters. The van der Waals surface area contributed by atoms with E-state index >= 15 is 0 Å². The first-order valence-corrected chi connectivity index (χ1v) is 8.74. The van der Waals surface area contributed by atoms with Gasteiger partial charge < -0.3 is 9.42 Å². The molecule has 0 radical (unpaired) electrons. The lowest BCUT2D eigenvalue weighted by Crippen LogP contribution is -2.24. The molecule has 1 amide bonds. The van der Waals surface area contributed by atoms with Crippen molar-refractivity contribution in [3.63, 3.8) is 0 Å². The number of hydrogen-bond donors (Lipinski definition) is 0. The molecule has 2 aromatic heterocycles. The van der Waals surface area contributed by atoms with E-state index in [1.54, 1.807) is 17.3 Å². The number of nitrogens with zero attached hydrogens (tertiary/aromatic N) is 4. The van der Waals surface area contributed by atoms with Gasteiger partial charge in [-0.25, -0.2) is 0 Å². The molecule has 0 saturated carbocycles. The molecule has 4 rings (SSSR count). The van der Waals surface area contributed by atoms with Crippen molar-refractivity contribution in [3.8, 4) is 0 Å². The molecule has 6 heteroatoms. The van der Waals surface area contributed by atoms with E-state index in [1.807, 2.05) is 37.4 Å². The number of likely N-dealkylation sites (tertiary alicyclic amines) is 1. The Kier molecular flexibility index (Phi) is 4.48. The summed E-state index contributed by atoms with van der Waals surface area (Å²) in [6.07, 6.45) is 5.45. The van der Waals surface area contributed by atoms with Crippen molar-refractivity contribution >= 4 is 5.91 Å². The topological polar surface area (TPSA) is 72.1 Å². The van der Waals surface area contributed by atoms with Gasteiger partial charge in [0.1, 0.15) is 0 Å². The predicted octanol–water partition coefficient (Wildman–Crippen LogP) is 2.94. The van der Waals surface area contributed by atoms with Crippen LogP contribution in [0.4, 0.5) is 0 Å². The highest BCUT2D eigenvalue weighted by Crippen LogP contribution is 2.42. The van der Waals surface area contributed by atoms with Crippen LogP contribution in [0, 0.1) is 0 Å². The zero-order valence-electron chi connectivity index (χ0n) is 14.6. The first kappa shape index (κ1) is 16.4. The quantitative estimate of drug-likeness (QED) is 0.709. The van der Waals surface area contributed by atoms with Crippen molar-refractivity contribution in [2.75, 3.05) is 7.05 Å². The van der Waals surface area contributed by atoms with Crippen LogP contribution in [0.3, 0.4) is 0 Å². The molecule has 3 aromatic rings. The van der Waals surface area contributed by atoms with Gasteiger partial charge in [0.25, 0.3) is 0 Å². The van der Waals surface area contributed by atoms with E-state index in [-0.39, 0.29) is 17.9 Å². The van der Waals surface area contributed by atoms with Gasteiger partial charge in [-0.15, -0.1) is 0 Å². The molecule has 6 nitrogen and oxygen atoms in total. The molecule has 0 aliphatic carbocycles. The summed E-state index contributed by atoms with van der Waals surface area (Å²) in [6.45, 7) is 0. The number of benzene rings is 1. The third-order valence-corrected chi connectivity index (χ3v) is 4.89. The zero-order chi connectivity index (χ0) is 17.9. The molecule has 3 heterocycles. The van der Waals surface area contributed by atoms with Gasteiger partial charge in [0.2, 0.25) is 11.8 Å². The van der Waals surface area contributed by atoms with Crippen LogP contribution >= 0.6 is 0 Å². The van der Waals surface area contributed by atoms with E-state index in [4.69, 9.17) is 4.52 Å². The Labute approximate surface area is 151 Å². The minimum Gasteiger partial charge on any atom is -0.339 e. The van der Waals surface area contributed by atoms with E-state index in [9.17, 15) is 4.79 Å². The molecule has 0 bridgehead atoms. The highest BCUT2D eigenvalue weighted by molar-refractivity contribution is 5.80. The maximum atomic E-state index is 12.3. The average Bonchev–Trinajstić information content (AvgIpc) is 3.27. The van der Waals surface area contributed by atoms with Gasteiger partial charge in [0.15, 0.2) is 5.82 Å². The second-order valence-electron chi connectivity index (χ2n) is 6.58. The van der Waals surface area contributed by atoms with Crippen molar-refractivity contribution in [2.24, 2.45) is 0 Å². The summed E-state index contributed by atoms with van der Waals surface area (Å²) >= 11 is 0. The molecular formula is C20H20N4O2. The lowest BCUT2D eigenvalue weighted by atomic mass is 9.94. The molecule has 0 N–H and O–H groups in total. The minimum atomic E-state index is -0.144. The average molecular weight is 348 g/mol. The van der Waals surface area contributed by atoms with Crippen LogP contribution in [0.1, 0.15) is 41.2 Å². The summed E-state index contributed by atoms with van der Waals surface area (Å²) in [5.41, 5.74) is 2.22. The number of carbonyl (C=O) groups is 1. The monoisotopic (exact) mass is 348 g/mol. The van der Waals surface area contributed by atoms with Crippen molar-refractivity contribution in [1.29, 1.82) is 0 Å². The Hall–Kier alpha value is -3.02. The van der Waals surface area contributed by atoms with Gasteiger partial charge in [0, 0.05) is 32.3 Å². The van der Waals surface area contributed by atoms with Gasteiger partial charge in [0.05, 0.1) is 12.0 Å². The Morgan fingerprint density at radius 3 is 2.77 bits per heavy atom. The van der Waals surface area contributed by atoms with Gasteiger partial charge in [-0.2, -0.15) is 4.98 Å². The fourth-order valence-electron chi connectivity index (χ4n) is 3.52. The van der Waals surface area contributed by atoms with Crippen molar-refractivity contribution < 1.29 is 9.32 Å². The lowest BCUT2D eigenvalue weighted by molar-refractivity contribution is -0.127. The third kappa shape index (κ3) is 3.22. The molecule has 1 fully saturated rings. The predicted molar refractivity (Wildman–Crippen MR) is 95.3 cm³/mol. The number of rotatable bonds is 5. The highest BCUT2D eigenvalue weighted by Gasteiger charge is 2.42. The first-order chi connectivity index (χ1) is 12.7. The molecular weight excluding hydrogens is 328 g/mol. The third-order valence-electron chi connectivity index (χ3n) is 4.89. The second-order valence-corrected chi connectivity index (χ2v) is 6.58. The van der Waals surface area contributed by atoms with E-state index in [0.29, 0.717) is 24.6 Å². The minimum absolute atomic E-state index is 0.0767. The number of pyridine rings is 1. The molecule has 0 spiro atoms. The largest absolute Gasteiger partial charge is 0.339 e. The number of aryl methyl sites for hydroxylation is 2. The SMILES string of the molecule is CN1C(=O)CC(c2nc(CCc3ccccc3)no2)C1c1cccnc1. The summed E-state index contributed by atoms with van der Waals surface area (Å²) in [7, 11) is 1.81. The Morgan fingerprint density at radius 2 is 2.00 bits per heavy atom. The maximum Gasteiger partial charge on any atom is 0.232 e. The smallest absolute Gasteiger partial charge is 0.232 e. The maximum absolute atomic E-state index is 12.3. The van der Waals surface area contributed by atoms with Crippen LogP contribution in [-0.2, 0) is 17.6 Å². The number of hydrogen-bond acceptors (Lipinski definition) is 5. The fourth-order valence-corrected chi connectivity index (χ4v) is 3.52. The Bertz CT molecular complexity index is 879. The van der Waals surface area contributed by atoms with Gasteiger partial charge in [-0.3, -0.25) is 9.78 Å². The van der Waals surface area contributed by atoms with E-state index in [0.717, 1.165) is 12.0 Å².